The molecule has 1 aliphatic rings. The van der Waals surface area contributed by atoms with E-state index in [1.54, 1.807) is 11.8 Å². The number of likely N-dealkylation sites (tertiary alicyclic amines) is 1. The van der Waals surface area contributed by atoms with E-state index in [0.29, 0.717) is 32.5 Å². The first-order chi connectivity index (χ1) is 13.0. The maximum atomic E-state index is 13.7. The Kier molecular flexibility index (Phi) is 5.94. The van der Waals surface area contributed by atoms with E-state index in [4.69, 9.17) is 4.74 Å². The van der Waals surface area contributed by atoms with Crippen molar-refractivity contribution in [3.63, 3.8) is 0 Å². The van der Waals surface area contributed by atoms with Crippen molar-refractivity contribution in [1.82, 2.24) is 20.1 Å². The highest BCUT2D eigenvalue weighted by Gasteiger charge is 2.24. The Balaban J connectivity index is 1.57. The molecule has 0 spiro atoms. The lowest BCUT2D eigenvalue weighted by atomic mass is 10.1. The molecule has 27 heavy (non-hydrogen) atoms. The number of amides is 1. The van der Waals surface area contributed by atoms with Gasteiger partial charge in [0.1, 0.15) is 11.6 Å². The van der Waals surface area contributed by atoms with Crippen LogP contribution in [-0.2, 0) is 4.74 Å². The number of nitrogens with one attached hydrogen (secondary N) is 2. The predicted molar refractivity (Wildman–Crippen MR) is 94.7 cm³/mol. The number of halogens is 2. The van der Waals surface area contributed by atoms with Crippen molar-refractivity contribution in [1.29, 1.82) is 0 Å². The third kappa shape index (κ3) is 4.99. The first kappa shape index (κ1) is 18.7. The van der Waals surface area contributed by atoms with Crippen molar-refractivity contribution < 1.29 is 18.3 Å². The van der Waals surface area contributed by atoms with E-state index in [1.165, 1.54) is 12.3 Å². The largest absolute Gasteiger partial charge is 0.450 e. The standard InChI is InChI=1S/C17H20F2N6O2/c1-2-27-17(26)25-7-5-12(6-8-25)21-16-23-15(10-20-24-16)22-14-4-3-11(18)9-13(14)19/h3-4,9-10,12H,2,5-8H2,1H3,(H2,21,22,23,24). The fraction of sp³-hybridized carbons (Fsp3) is 0.412. The summed E-state index contributed by atoms with van der Waals surface area (Å²) in [7, 11) is 0. The molecule has 1 amide bonds. The minimum atomic E-state index is -0.727. The molecular weight excluding hydrogens is 358 g/mol. The molecule has 1 aromatic carbocycles. The zero-order valence-electron chi connectivity index (χ0n) is 14.8. The van der Waals surface area contributed by atoms with Crippen LogP contribution in [0.5, 0.6) is 0 Å². The number of benzene rings is 1. The number of rotatable bonds is 5. The second-order valence-corrected chi connectivity index (χ2v) is 6.02. The van der Waals surface area contributed by atoms with Crippen molar-refractivity contribution in [2.75, 3.05) is 30.3 Å². The minimum absolute atomic E-state index is 0.0790. The number of aromatic nitrogens is 3. The summed E-state index contributed by atoms with van der Waals surface area (Å²) in [5.41, 5.74) is 0.0885. The van der Waals surface area contributed by atoms with Crippen LogP contribution in [0.25, 0.3) is 0 Å². The lowest BCUT2D eigenvalue weighted by Gasteiger charge is -2.31. The van der Waals surface area contributed by atoms with Gasteiger partial charge in [0, 0.05) is 25.2 Å². The summed E-state index contributed by atoms with van der Waals surface area (Å²) in [6, 6.07) is 3.30. The van der Waals surface area contributed by atoms with Crippen LogP contribution in [-0.4, -0.2) is 51.9 Å². The van der Waals surface area contributed by atoms with Gasteiger partial charge in [0.15, 0.2) is 5.82 Å². The maximum absolute atomic E-state index is 13.7. The van der Waals surface area contributed by atoms with Gasteiger partial charge in [-0.15, -0.1) is 5.10 Å². The lowest BCUT2D eigenvalue weighted by molar-refractivity contribution is 0.0983. The molecule has 144 valence electrons. The molecule has 0 unspecified atom stereocenters. The third-order valence-corrected chi connectivity index (χ3v) is 4.11. The molecule has 0 bridgehead atoms. The molecule has 2 N–H and O–H groups in total. The van der Waals surface area contributed by atoms with E-state index in [1.807, 2.05) is 0 Å². The molecule has 1 fully saturated rings. The molecule has 1 saturated heterocycles. The van der Waals surface area contributed by atoms with E-state index in [9.17, 15) is 13.6 Å². The lowest BCUT2D eigenvalue weighted by Crippen LogP contribution is -2.42. The van der Waals surface area contributed by atoms with Gasteiger partial charge in [-0.05, 0) is 31.9 Å². The molecule has 1 aromatic heterocycles. The SMILES string of the molecule is CCOC(=O)N1CCC(Nc2nncc(Nc3ccc(F)cc3F)n2)CC1. The van der Waals surface area contributed by atoms with E-state index >= 15 is 0 Å². The average Bonchev–Trinajstić information content (AvgIpc) is 2.65. The molecular formula is C17H20F2N6O2. The number of carbonyl (C=O) groups excluding carboxylic acids is 1. The molecule has 0 saturated carbocycles. The number of nitrogens with zero attached hydrogens (tertiary/aromatic N) is 4. The number of carbonyl (C=O) groups is 1. The maximum Gasteiger partial charge on any atom is 0.409 e. The zero-order valence-corrected chi connectivity index (χ0v) is 14.8. The first-order valence-corrected chi connectivity index (χ1v) is 8.65. The fourth-order valence-corrected chi connectivity index (χ4v) is 2.76. The second kappa shape index (κ2) is 8.56. The Morgan fingerprint density at radius 2 is 2.11 bits per heavy atom. The van der Waals surface area contributed by atoms with E-state index < -0.39 is 11.6 Å². The van der Waals surface area contributed by atoms with Crippen LogP contribution >= 0.6 is 0 Å². The van der Waals surface area contributed by atoms with Crippen molar-refractivity contribution in [3.8, 4) is 0 Å². The Morgan fingerprint density at radius 1 is 1.33 bits per heavy atom. The van der Waals surface area contributed by atoms with Gasteiger partial charge in [0.05, 0.1) is 18.5 Å². The van der Waals surface area contributed by atoms with Crippen LogP contribution in [0.3, 0.4) is 0 Å². The van der Waals surface area contributed by atoms with E-state index in [0.717, 1.165) is 12.1 Å². The number of hydrogen-bond donors (Lipinski definition) is 2. The Morgan fingerprint density at radius 3 is 2.81 bits per heavy atom. The van der Waals surface area contributed by atoms with E-state index in [2.05, 4.69) is 25.8 Å². The van der Waals surface area contributed by atoms with Gasteiger partial charge in [-0.1, -0.05) is 0 Å². The highest BCUT2D eigenvalue weighted by molar-refractivity contribution is 5.67. The first-order valence-electron chi connectivity index (χ1n) is 8.65. The summed E-state index contributed by atoms with van der Waals surface area (Å²) >= 11 is 0. The van der Waals surface area contributed by atoms with Gasteiger partial charge in [-0.3, -0.25) is 0 Å². The highest BCUT2D eigenvalue weighted by Crippen LogP contribution is 2.20. The number of piperidine rings is 1. The monoisotopic (exact) mass is 378 g/mol. The van der Waals surface area contributed by atoms with Crippen molar-refractivity contribution in [2.45, 2.75) is 25.8 Å². The van der Waals surface area contributed by atoms with Crippen LogP contribution in [0.15, 0.2) is 24.4 Å². The molecule has 0 atom stereocenters. The Hall–Kier alpha value is -3.04. The topological polar surface area (TPSA) is 92.3 Å². The van der Waals surface area contributed by atoms with Crippen molar-refractivity contribution in [3.05, 3.63) is 36.0 Å². The van der Waals surface area contributed by atoms with E-state index in [-0.39, 0.29) is 29.6 Å². The smallest absolute Gasteiger partial charge is 0.409 e. The fourth-order valence-electron chi connectivity index (χ4n) is 2.76. The number of ether oxygens (including phenoxy) is 1. The van der Waals surface area contributed by atoms with Crippen LogP contribution in [0, 0.1) is 11.6 Å². The zero-order chi connectivity index (χ0) is 19.2. The summed E-state index contributed by atoms with van der Waals surface area (Å²) in [6.07, 6.45) is 2.47. The quantitative estimate of drug-likeness (QED) is 0.826. The third-order valence-electron chi connectivity index (χ3n) is 4.11. The Labute approximate surface area is 154 Å². The summed E-state index contributed by atoms with van der Waals surface area (Å²) in [5, 5.41) is 13.7. The van der Waals surface area contributed by atoms with Crippen LogP contribution in [0.4, 0.5) is 31.0 Å². The average molecular weight is 378 g/mol. The van der Waals surface area contributed by atoms with Gasteiger partial charge >= 0.3 is 6.09 Å². The second-order valence-electron chi connectivity index (χ2n) is 6.02. The van der Waals surface area contributed by atoms with Gasteiger partial charge in [-0.2, -0.15) is 10.1 Å². The molecule has 2 heterocycles. The predicted octanol–water partition coefficient (Wildman–Crippen LogP) is 2.93. The minimum Gasteiger partial charge on any atom is -0.450 e. The highest BCUT2D eigenvalue weighted by atomic mass is 19.1. The van der Waals surface area contributed by atoms with Gasteiger partial charge < -0.3 is 20.3 Å². The summed E-state index contributed by atoms with van der Waals surface area (Å²) in [6.45, 7) is 3.27. The normalized spacial score (nSPS) is 14.7. The number of hydrogen-bond acceptors (Lipinski definition) is 7. The van der Waals surface area contributed by atoms with Crippen LogP contribution in [0.2, 0.25) is 0 Å². The van der Waals surface area contributed by atoms with Gasteiger partial charge in [0.2, 0.25) is 5.95 Å². The molecule has 2 aromatic rings. The van der Waals surface area contributed by atoms with Crippen LogP contribution in [0.1, 0.15) is 19.8 Å². The summed E-state index contributed by atoms with van der Waals surface area (Å²) in [5.74, 6) is -0.816. The van der Waals surface area contributed by atoms with Crippen LogP contribution < -0.4 is 10.6 Å². The van der Waals surface area contributed by atoms with Crippen molar-refractivity contribution in [2.24, 2.45) is 0 Å². The molecule has 3 rings (SSSR count). The molecule has 1 aliphatic heterocycles. The summed E-state index contributed by atoms with van der Waals surface area (Å²) in [4.78, 5) is 17.6. The van der Waals surface area contributed by atoms with Gasteiger partial charge in [0.25, 0.3) is 0 Å². The Bertz CT molecular complexity index is 799. The molecule has 0 radical (unpaired) electrons. The molecule has 0 aliphatic carbocycles. The molecule has 10 heteroatoms. The van der Waals surface area contributed by atoms with Crippen molar-refractivity contribution >= 4 is 23.5 Å². The van der Waals surface area contributed by atoms with Gasteiger partial charge in [-0.25, -0.2) is 13.6 Å². The molecule has 8 nitrogen and oxygen atoms in total. The number of anilines is 3. The summed E-state index contributed by atoms with van der Waals surface area (Å²) < 4.78 is 31.7.